The summed E-state index contributed by atoms with van der Waals surface area (Å²) in [6.45, 7) is 4.19. The zero-order chi connectivity index (χ0) is 9.56. The van der Waals surface area contributed by atoms with E-state index in [9.17, 15) is 4.79 Å². The number of amides is 1. The predicted octanol–water partition coefficient (Wildman–Crippen LogP) is 2.26. The lowest BCUT2D eigenvalue weighted by molar-refractivity contribution is -0.131. The molecule has 12 heavy (non-hydrogen) atoms. The second kappa shape index (κ2) is 6.30. The molecule has 0 aromatic rings. The first kappa shape index (κ1) is 11.8. The van der Waals surface area contributed by atoms with Crippen LogP contribution in [0.3, 0.4) is 0 Å². The molecule has 0 N–H and O–H groups in total. The Kier molecular flexibility index (Phi) is 6.17. The fourth-order valence-corrected chi connectivity index (χ4v) is 1.46. The SMILES string of the molecule is CCC(CC)N(C)C(=O)CCCl. The summed E-state index contributed by atoms with van der Waals surface area (Å²) in [6.07, 6.45) is 2.48. The highest BCUT2D eigenvalue weighted by molar-refractivity contribution is 6.18. The van der Waals surface area contributed by atoms with Crippen molar-refractivity contribution in [2.45, 2.75) is 39.2 Å². The number of nitrogens with zero attached hydrogens (tertiary/aromatic N) is 1. The monoisotopic (exact) mass is 191 g/mol. The van der Waals surface area contributed by atoms with E-state index in [0.29, 0.717) is 18.3 Å². The van der Waals surface area contributed by atoms with E-state index in [1.54, 1.807) is 0 Å². The highest BCUT2D eigenvalue weighted by atomic mass is 35.5. The molecule has 0 saturated carbocycles. The second-order valence-corrected chi connectivity index (χ2v) is 3.29. The Morgan fingerprint density at radius 2 is 1.92 bits per heavy atom. The standard InChI is InChI=1S/C9H18ClNO/c1-4-8(5-2)11(3)9(12)6-7-10/h8H,4-7H2,1-3H3. The number of carbonyl (C=O) groups is 1. The zero-order valence-electron chi connectivity index (χ0n) is 8.14. The molecule has 0 aromatic heterocycles. The summed E-state index contributed by atoms with van der Waals surface area (Å²) >= 11 is 5.48. The second-order valence-electron chi connectivity index (χ2n) is 2.91. The Morgan fingerprint density at radius 1 is 1.42 bits per heavy atom. The van der Waals surface area contributed by atoms with E-state index in [2.05, 4.69) is 13.8 Å². The normalized spacial score (nSPS) is 10.4. The first-order valence-electron chi connectivity index (χ1n) is 4.48. The third-order valence-electron chi connectivity index (χ3n) is 2.19. The van der Waals surface area contributed by atoms with Gasteiger partial charge in [-0.05, 0) is 12.8 Å². The van der Waals surface area contributed by atoms with Gasteiger partial charge in [-0.2, -0.15) is 0 Å². The van der Waals surface area contributed by atoms with E-state index >= 15 is 0 Å². The molecule has 0 saturated heterocycles. The van der Waals surface area contributed by atoms with Crippen molar-refractivity contribution in [3.05, 3.63) is 0 Å². The zero-order valence-corrected chi connectivity index (χ0v) is 8.90. The summed E-state index contributed by atoms with van der Waals surface area (Å²) in [5.74, 6) is 0.572. The first-order valence-corrected chi connectivity index (χ1v) is 5.02. The van der Waals surface area contributed by atoms with Gasteiger partial charge in [0.2, 0.25) is 5.91 Å². The molecule has 2 nitrogen and oxygen atoms in total. The summed E-state index contributed by atoms with van der Waals surface area (Å²) < 4.78 is 0. The van der Waals surface area contributed by atoms with Crippen molar-refractivity contribution in [3.8, 4) is 0 Å². The number of carbonyl (C=O) groups excluding carboxylic acids is 1. The van der Waals surface area contributed by atoms with Crippen LogP contribution in [0.2, 0.25) is 0 Å². The van der Waals surface area contributed by atoms with Crippen LogP contribution in [0.25, 0.3) is 0 Å². The molecule has 0 aliphatic heterocycles. The first-order chi connectivity index (χ1) is 5.67. The lowest BCUT2D eigenvalue weighted by Gasteiger charge is -2.25. The number of rotatable bonds is 5. The van der Waals surface area contributed by atoms with Crippen LogP contribution in [-0.4, -0.2) is 29.8 Å². The van der Waals surface area contributed by atoms with Gasteiger partial charge in [-0.3, -0.25) is 4.79 Å². The van der Waals surface area contributed by atoms with Gasteiger partial charge in [0.1, 0.15) is 0 Å². The van der Waals surface area contributed by atoms with Gasteiger partial charge in [0.25, 0.3) is 0 Å². The van der Waals surface area contributed by atoms with Crippen molar-refractivity contribution in [1.29, 1.82) is 0 Å². The molecule has 0 fully saturated rings. The van der Waals surface area contributed by atoms with Crippen LogP contribution in [0.15, 0.2) is 0 Å². The summed E-state index contributed by atoms with van der Waals surface area (Å²) in [7, 11) is 1.85. The van der Waals surface area contributed by atoms with Crippen molar-refractivity contribution in [2.24, 2.45) is 0 Å². The molecular formula is C9H18ClNO. The highest BCUT2D eigenvalue weighted by Gasteiger charge is 2.15. The molecule has 0 aliphatic carbocycles. The largest absolute Gasteiger partial charge is 0.343 e. The summed E-state index contributed by atoms with van der Waals surface area (Å²) in [4.78, 5) is 13.2. The quantitative estimate of drug-likeness (QED) is 0.611. The Hall–Kier alpha value is -0.240. The van der Waals surface area contributed by atoms with Crippen molar-refractivity contribution >= 4 is 17.5 Å². The Balaban J connectivity index is 3.96. The molecule has 0 unspecified atom stereocenters. The Morgan fingerprint density at radius 3 is 2.25 bits per heavy atom. The molecule has 0 rings (SSSR count). The minimum atomic E-state index is 0.152. The van der Waals surface area contributed by atoms with Gasteiger partial charge in [0.15, 0.2) is 0 Å². The van der Waals surface area contributed by atoms with Crippen LogP contribution < -0.4 is 0 Å². The molecule has 0 aromatic carbocycles. The summed E-state index contributed by atoms with van der Waals surface area (Å²) in [5.41, 5.74) is 0. The number of halogens is 1. The third kappa shape index (κ3) is 3.44. The molecule has 72 valence electrons. The average Bonchev–Trinajstić information content (AvgIpc) is 2.07. The van der Waals surface area contributed by atoms with Gasteiger partial charge < -0.3 is 4.90 Å². The van der Waals surface area contributed by atoms with E-state index in [1.165, 1.54) is 0 Å². The molecule has 0 bridgehead atoms. The minimum Gasteiger partial charge on any atom is -0.343 e. The predicted molar refractivity (Wildman–Crippen MR) is 52.5 cm³/mol. The van der Waals surface area contributed by atoms with Gasteiger partial charge in [-0.15, -0.1) is 11.6 Å². The molecule has 0 atom stereocenters. The number of hydrogen-bond acceptors (Lipinski definition) is 1. The molecule has 0 heterocycles. The van der Waals surface area contributed by atoms with Crippen LogP contribution >= 0.6 is 11.6 Å². The average molecular weight is 192 g/mol. The maximum absolute atomic E-state index is 11.3. The van der Waals surface area contributed by atoms with Crippen molar-refractivity contribution in [2.75, 3.05) is 12.9 Å². The maximum atomic E-state index is 11.3. The third-order valence-corrected chi connectivity index (χ3v) is 2.38. The minimum absolute atomic E-state index is 0.152. The van der Waals surface area contributed by atoms with Crippen LogP contribution in [-0.2, 0) is 4.79 Å². The van der Waals surface area contributed by atoms with E-state index < -0.39 is 0 Å². The van der Waals surface area contributed by atoms with Crippen molar-refractivity contribution < 1.29 is 4.79 Å². The van der Waals surface area contributed by atoms with Crippen LogP contribution in [0.1, 0.15) is 33.1 Å². The van der Waals surface area contributed by atoms with Crippen LogP contribution in [0, 0.1) is 0 Å². The fraction of sp³-hybridized carbons (Fsp3) is 0.889. The smallest absolute Gasteiger partial charge is 0.223 e. The van der Waals surface area contributed by atoms with Gasteiger partial charge in [0, 0.05) is 25.4 Å². The molecule has 0 spiro atoms. The fourth-order valence-electron chi connectivity index (χ4n) is 1.30. The molecule has 0 radical (unpaired) electrons. The van der Waals surface area contributed by atoms with Gasteiger partial charge in [-0.25, -0.2) is 0 Å². The topological polar surface area (TPSA) is 20.3 Å². The molecular weight excluding hydrogens is 174 g/mol. The molecule has 0 aliphatic rings. The highest BCUT2D eigenvalue weighted by Crippen LogP contribution is 2.07. The number of hydrogen-bond donors (Lipinski definition) is 0. The number of alkyl halides is 1. The maximum Gasteiger partial charge on any atom is 0.223 e. The Labute approximate surface area is 79.9 Å². The van der Waals surface area contributed by atoms with Crippen LogP contribution in [0.5, 0.6) is 0 Å². The van der Waals surface area contributed by atoms with Crippen LogP contribution in [0.4, 0.5) is 0 Å². The Bertz CT molecular complexity index is 134. The molecule has 3 heteroatoms. The molecule has 1 amide bonds. The van der Waals surface area contributed by atoms with E-state index in [0.717, 1.165) is 12.8 Å². The summed E-state index contributed by atoms with van der Waals surface area (Å²) in [5, 5.41) is 0. The van der Waals surface area contributed by atoms with Crippen molar-refractivity contribution in [3.63, 3.8) is 0 Å². The van der Waals surface area contributed by atoms with Gasteiger partial charge >= 0.3 is 0 Å². The lowest BCUT2D eigenvalue weighted by atomic mass is 10.1. The van der Waals surface area contributed by atoms with E-state index in [1.807, 2.05) is 11.9 Å². The van der Waals surface area contributed by atoms with E-state index in [-0.39, 0.29) is 5.91 Å². The van der Waals surface area contributed by atoms with Gasteiger partial charge in [0.05, 0.1) is 0 Å². The summed E-state index contributed by atoms with van der Waals surface area (Å²) in [6, 6.07) is 0.376. The van der Waals surface area contributed by atoms with E-state index in [4.69, 9.17) is 11.6 Å². The van der Waals surface area contributed by atoms with Crippen molar-refractivity contribution in [1.82, 2.24) is 4.90 Å². The lowest BCUT2D eigenvalue weighted by Crippen LogP contribution is -2.36. The van der Waals surface area contributed by atoms with Gasteiger partial charge in [-0.1, -0.05) is 13.8 Å².